The minimum atomic E-state index is -0.671. The molecule has 0 amide bonds. The van der Waals surface area contributed by atoms with Crippen LogP contribution in [0.2, 0.25) is 0 Å². The first-order chi connectivity index (χ1) is 13.6. The predicted octanol–water partition coefficient (Wildman–Crippen LogP) is 2.58. The van der Waals surface area contributed by atoms with Gasteiger partial charge in [-0.15, -0.1) is 0 Å². The van der Waals surface area contributed by atoms with E-state index in [2.05, 4.69) is 21.5 Å². The molecular weight excluding hydrogens is 363 g/mol. The number of H-pyrrole nitrogens is 1. The topological polar surface area (TPSA) is 120 Å². The van der Waals surface area contributed by atoms with Crippen LogP contribution in [0.5, 0.6) is 0 Å². The Morgan fingerprint density at radius 1 is 1.36 bits per heavy atom. The number of benzene rings is 1. The summed E-state index contributed by atoms with van der Waals surface area (Å²) in [6.07, 6.45) is 2.09. The van der Waals surface area contributed by atoms with Gasteiger partial charge in [-0.05, 0) is 30.7 Å². The Kier molecular flexibility index (Phi) is 4.52. The van der Waals surface area contributed by atoms with Crippen molar-refractivity contribution >= 4 is 22.4 Å². The second-order valence-corrected chi connectivity index (χ2v) is 6.46. The third-order valence-electron chi connectivity index (χ3n) is 4.79. The molecule has 4 rings (SSSR count). The van der Waals surface area contributed by atoms with Crippen molar-refractivity contribution in [1.29, 1.82) is 10.5 Å². The number of hydrogen-bond donors (Lipinski definition) is 2. The molecular formula is C19H15FN6O2. The van der Waals surface area contributed by atoms with Gasteiger partial charge in [-0.2, -0.15) is 15.6 Å². The number of fused-ring (bicyclic) bond motifs is 1. The summed E-state index contributed by atoms with van der Waals surface area (Å²) in [5.41, 5.74) is 0.472. The number of rotatable bonds is 3. The van der Waals surface area contributed by atoms with Crippen LogP contribution in [0.1, 0.15) is 18.0 Å². The lowest BCUT2D eigenvalue weighted by molar-refractivity contribution is 0.0359. The molecule has 8 nitrogen and oxygen atoms in total. The van der Waals surface area contributed by atoms with Crippen molar-refractivity contribution in [3.05, 3.63) is 52.2 Å². The summed E-state index contributed by atoms with van der Waals surface area (Å²) in [6, 6.07) is 9.46. The molecule has 140 valence electrons. The highest BCUT2D eigenvalue weighted by Gasteiger charge is 2.30. The Balaban J connectivity index is 1.81. The van der Waals surface area contributed by atoms with Gasteiger partial charge in [-0.1, -0.05) is 0 Å². The summed E-state index contributed by atoms with van der Waals surface area (Å²) >= 11 is 0. The van der Waals surface area contributed by atoms with Gasteiger partial charge >= 0.3 is 0 Å². The maximum absolute atomic E-state index is 13.9. The van der Waals surface area contributed by atoms with Crippen LogP contribution >= 0.6 is 0 Å². The molecule has 1 fully saturated rings. The van der Waals surface area contributed by atoms with E-state index in [1.54, 1.807) is 16.8 Å². The van der Waals surface area contributed by atoms with Crippen LogP contribution in [0.4, 0.5) is 15.9 Å². The summed E-state index contributed by atoms with van der Waals surface area (Å²) < 4.78 is 21.1. The molecule has 2 aromatic heterocycles. The van der Waals surface area contributed by atoms with Crippen LogP contribution in [0.25, 0.3) is 10.9 Å². The zero-order chi connectivity index (χ0) is 19.7. The largest absolute Gasteiger partial charge is 0.379 e. The maximum Gasteiger partial charge on any atom is 0.261 e. The number of anilines is 2. The minimum Gasteiger partial charge on any atom is -0.379 e. The van der Waals surface area contributed by atoms with E-state index in [0.717, 1.165) is 0 Å². The molecule has 0 saturated carbocycles. The van der Waals surface area contributed by atoms with Gasteiger partial charge in [0.2, 0.25) is 0 Å². The van der Waals surface area contributed by atoms with E-state index >= 15 is 0 Å². The van der Waals surface area contributed by atoms with E-state index in [0.29, 0.717) is 36.2 Å². The Bertz CT molecular complexity index is 1190. The fourth-order valence-corrected chi connectivity index (χ4v) is 3.37. The Morgan fingerprint density at radius 2 is 2.21 bits per heavy atom. The van der Waals surface area contributed by atoms with Crippen molar-refractivity contribution in [2.24, 2.45) is 5.92 Å². The van der Waals surface area contributed by atoms with Gasteiger partial charge in [0, 0.05) is 18.5 Å². The van der Waals surface area contributed by atoms with Crippen LogP contribution in [0, 0.1) is 34.4 Å². The van der Waals surface area contributed by atoms with Gasteiger partial charge in [0.15, 0.2) is 5.82 Å². The van der Waals surface area contributed by atoms with Crippen molar-refractivity contribution in [2.75, 3.05) is 18.5 Å². The Morgan fingerprint density at radius 3 is 2.96 bits per heavy atom. The maximum atomic E-state index is 13.9. The standard InChI is InChI=1S/C19H15FN6O2/c20-14-7-13(2-1-11(14)8-21)24-18-17-15(3-5-23-19(17)27)26(25-18)16-10-28-6-4-12(16)9-22/h1-3,5,7,12,16H,4,6,10H2,(H,23,27)(H,24,25)/t12-,16+/m1/s1. The molecule has 28 heavy (non-hydrogen) atoms. The lowest BCUT2D eigenvalue weighted by Gasteiger charge is -2.27. The van der Waals surface area contributed by atoms with Gasteiger partial charge in [0.05, 0.1) is 35.7 Å². The van der Waals surface area contributed by atoms with Crippen LogP contribution < -0.4 is 10.9 Å². The van der Waals surface area contributed by atoms with Crippen molar-refractivity contribution in [3.63, 3.8) is 0 Å². The van der Waals surface area contributed by atoms with Crippen molar-refractivity contribution in [3.8, 4) is 12.1 Å². The van der Waals surface area contributed by atoms with Gasteiger partial charge in [-0.3, -0.25) is 9.48 Å². The molecule has 0 aliphatic carbocycles. The average molecular weight is 378 g/mol. The number of nitriles is 2. The lowest BCUT2D eigenvalue weighted by Crippen LogP contribution is -2.30. The Hall–Kier alpha value is -3.69. The Labute approximate surface area is 158 Å². The molecule has 0 radical (unpaired) electrons. The number of pyridine rings is 1. The van der Waals surface area contributed by atoms with Crippen LogP contribution in [-0.4, -0.2) is 28.0 Å². The van der Waals surface area contributed by atoms with Gasteiger partial charge in [-0.25, -0.2) is 4.39 Å². The second-order valence-electron chi connectivity index (χ2n) is 6.46. The molecule has 3 aromatic rings. The summed E-state index contributed by atoms with van der Waals surface area (Å²) in [7, 11) is 0. The van der Waals surface area contributed by atoms with Gasteiger partial charge in [0.1, 0.15) is 17.3 Å². The molecule has 0 spiro atoms. The summed E-state index contributed by atoms with van der Waals surface area (Å²) in [6.45, 7) is 0.816. The molecule has 1 aliphatic rings. The molecule has 3 heterocycles. The summed E-state index contributed by atoms with van der Waals surface area (Å²) in [5, 5.41) is 26.1. The highest BCUT2D eigenvalue weighted by atomic mass is 19.1. The van der Waals surface area contributed by atoms with E-state index in [4.69, 9.17) is 10.00 Å². The first kappa shape index (κ1) is 17.7. The summed E-state index contributed by atoms with van der Waals surface area (Å²) in [5.74, 6) is -0.727. The van der Waals surface area contributed by atoms with E-state index < -0.39 is 5.82 Å². The lowest BCUT2D eigenvalue weighted by atomic mass is 9.96. The predicted molar refractivity (Wildman–Crippen MR) is 98.3 cm³/mol. The molecule has 2 atom stereocenters. The van der Waals surface area contributed by atoms with E-state index in [-0.39, 0.29) is 28.9 Å². The molecule has 1 saturated heterocycles. The fourth-order valence-electron chi connectivity index (χ4n) is 3.37. The van der Waals surface area contributed by atoms with Gasteiger partial charge < -0.3 is 15.0 Å². The highest BCUT2D eigenvalue weighted by molar-refractivity contribution is 5.91. The van der Waals surface area contributed by atoms with E-state index in [1.165, 1.54) is 24.4 Å². The van der Waals surface area contributed by atoms with Crippen LogP contribution in [0.15, 0.2) is 35.3 Å². The number of aromatic nitrogens is 3. The SMILES string of the molecule is N#Cc1ccc(Nc2nn([C@H]3COCC[C@@H]3C#N)c3cc[nH]c(=O)c23)cc1F. The first-order valence-electron chi connectivity index (χ1n) is 8.66. The monoisotopic (exact) mass is 378 g/mol. The second kappa shape index (κ2) is 7.14. The number of halogens is 1. The number of ether oxygens (including phenoxy) is 1. The smallest absolute Gasteiger partial charge is 0.261 e. The van der Waals surface area contributed by atoms with E-state index in [1.807, 2.05) is 0 Å². The molecule has 1 aromatic carbocycles. The van der Waals surface area contributed by atoms with Crippen molar-refractivity contribution < 1.29 is 9.13 Å². The quantitative estimate of drug-likeness (QED) is 0.723. The molecule has 9 heteroatoms. The number of hydrogen-bond acceptors (Lipinski definition) is 6. The minimum absolute atomic E-state index is 0.0741. The highest BCUT2D eigenvalue weighted by Crippen LogP contribution is 2.31. The van der Waals surface area contributed by atoms with Gasteiger partial charge in [0.25, 0.3) is 5.56 Å². The van der Waals surface area contributed by atoms with Crippen molar-refractivity contribution in [2.45, 2.75) is 12.5 Å². The first-order valence-corrected chi connectivity index (χ1v) is 8.66. The molecule has 1 aliphatic heterocycles. The average Bonchev–Trinajstić information content (AvgIpc) is 3.07. The van der Waals surface area contributed by atoms with Crippen LogP contribution in [0.3, 0.4) is 0 Å². The fraction of sp³-hybridized carbons (Fsp3) is 0.263. The molecule has 0 bridgehead atoms. The zero-order valence-electron chi connectivity index (χ0n) is 14.6. The zero-order valence-corrected chi connectivity index (χ0v) is 14.6. The van der Waals surface area contributed by atoms with Crippen LogP contribution in [-0.2, 0) is 4.74 Å². The van der Waals surface area contributed by atoms with Crippen molar-refractivity contribution in [1.82, 2.24) is 14.8 Å². The summed E-state index contributed by atoms with van der Waals surface area (Å²) in [4.78, 5) is 15.1. The number of aromatic amines is 1. The molecule has 2 N–H and O–H groups in total. The third kappa shape index (κ3) is 2.98. The third-order valence-corrected chi connectivity index (χ3v) is 4.79. The number of nitrogens with zero attached hydrogens (tertiary/aromatic N) is 4. The normalized spacial score (nSPS) is 19.1. The van der Waals surface area contributed by atoms with E-state index in [9.17, 15) is 14.4 Å². The number of nitrogens with one attached hydrogen (secondary N) is 2. The molecule has 0 unspecified atom stereocenters.